The zero-order chi connectivity index (χ0) is 13.0. The number of hydrogen-bond acceptors (Lipinski definition) is 4. The van der Waals surface area contributed by atoms with Gasteiger partial charge in [-0.1, -0.05) is 0 Å². The van der Waals surface area contributed by atoms with E-state index in [1.54, 1.807) is 18.3 Å². The molecule has 94 valence electrons. The molecule has 1 aromatic heterocycles. The van der Waals surface area contributed by atoms with E-state index in [0.717, 1.165) is 16.8 Å². The van der Waals surface area contributed by atoms with Gasteiger partial charge < -0.3 is 11.1 Å². The molecule has 18 heavy (non-hydrogen) atoms. The third-order valence-corrected chi connectivity index (χ3v) is 2.52. The molecule has 0 fully saturated rings. The molecule has 0 amide bonds. The van der Waals surface area contributed by atoms with Crippen LogP contribution in [0.3, 0.4) is 0 Å². The van der Waals surface area contributed by atoms with E-state index in [9.17, 15) is 4.39 Å². The van der Waals surface area contributed by atoms with E-state index in [4.69, 9.17) is 5.73 Å². The van der Waals surface area contributed by atoms with Gasteiger partial charge in [-0.05, 0) is 36.8 Å². The van der Waals surface area contributed by atoms with E-state index >= 15 is 0 Å². The molecule has 0 unspecified atom stereocenters. The summed E-state index contributed by atoms with van der Waals surface area (Å²) in [6, 6.07) is 6.25. The highest BCUT2D eigenvalue weighted by molar-refractivity contribution is 5.63. The maximum absolute atomic E-state index is 12.9. The number of nitrogens with two attached hydrogens (primary N) is 1. The Bertz CT molecular complexity index is 525. The van der Waals surface area contributed by atoms with Crippen LogP contribution in [0.4, 0.5) is 10.3 Å². The minimum atomic E-state index is -0.257. The second kappa shape index (κ2) is 5.55. The Morgan fingerprint density at radius 3 is 2.67 bits per heavy atom. The van der Waals surface area contributed by atoms with Crippen LogP contribution in [0.15, 0.2) is 30.5 Å². The fourth-order valence-corrected chi connectivity index (χ4v) is 1.61. The third-order valence-electron chi connectivity index (χ3n) is 2.52. The quantitative estimate of drug-likeness (QED) is 0.865. The summed E-state index contributed by atoms with van der Waals surface area (Å²) in [6.45, 7) is 3.06. The number of hydrogen-bond donors (Lipinski definition) is 2. The van der Waals surface area contributed by atoms with Crippen molar-refractivity contribution >= 4 is 5.95 Å². The molecule has 2 aromatic rings. The monoisotopic (exact) mass is 246 g/mol. The number of aromatic nitrogens is 2. The van der Waals surface area contributed by atoms with E-state index in [1.165, 1.54) is 12.1 Å². The standard InChI is InChI=1S/C13H15FN4/c1-9-8-17-13(16-7-6-15)18-12(9)10-2-4-11(14)5-3-10/h2-5,8H,6-7,15H2,1H3,(H,16,17,18). The smallest absolute Gasteiger partial charge is 0.223 e. The number of rotatable bonds is 4. The summed E-state index contributed by atoms with van der Waals surface area (Å²) >= 11 is 0. The van der Waals surface area contributed by atoms with Gasteiger partial charge >= 0.3 is 0 Å². The highest BCUT2D eigenvalue weighted by Gasteiger charge is 2.06. The predicted molar refractivity (Wildman–Crippen MR) is 69.7 cm³/mol. The average Bonchev–Trinajstić information content (AvgIpc) is 2.39. The van der Waals surface area contributed by atoms with Crippen molar-refractivity contribution in [3.8, 4) is 11.3 Å². The van der Waals surface area contributed by atoms with Crippen LogP contribution in [0.5, 0.6) is 0 Å². The normalized spacial score (nSPS) is 10.4. The van der Waals surface area contributed by atoms with Crippen LogP contribution in [0.1, 0.15) is 5.56 Å². The SMILES string of the molecule is Cc1cnc(NCCN)nc1-c1ccc(F)cc1. The number of aryl methyl sites for hydroxylation is 1. The molecule has 0 atom stereocenters. The van der Waals surface area contributed by atoms with Crippen molar-refractivity contribution < 1.29 is 4.39 Å². The van der Waals surface area contributed by atoms with E-state index in [0.29, 0.717) is 19.0 Å². The van der Waals surface area contributed by atoms with Crippen molar-refractivity contribution in [2.24, 2.45) is 5.73 Å². The van der Waals surface area contributed by atoms with Gasteiger partial charge in [0.1, 0.15) is 5.82 Å². The second-order valence-electron chi connectivity index (χ2n) is 3.95. The van der Waals surface area contributed by atoms with Crippen LogP contribution >= 0.6 is 0 Å². The summed E-state index contributed by atoms with van der Waals surface area (Å²) in [5.41, 5.74) is 8.02. The third kappa shape index (κ3) is 2.81. The maximum atomic E-state index is 12.9. The number of halogens is 1. The van der Waals surface area contributed by atoms with Gasteiger partial charge in [0.2, 0.25) is 5.95 Å². The molecule has 0 aliphatic heterocycles. The lowest BCUT2D eigenvalue weighted by Gasteiger charge is -2.08. The fraction of sp³-hybridized carbons (Fsp3) is 0.231. The summed E-state index contributed by atoms with van der Waals surface area (Å²) in [4.78, 5) is 8.58. The Hall–Kier alpha value is -2.01. The van der Waals surface area contributed by atoms with Gasteiger partial charge in [-0.15, -0.1) is 0 Å². The zero-order valence-corrected chi connectivity index (χ0v) is 10.2. The van der Waals surface area contributed by atoms with Crippen LogP contribution in [-0.2, 0) is 0 Å². The van der Waals surface area contributed by atoms with Crippen molar-refractivity contribution in [1.29, 1.82) is 0 Å². The van der Waals surface area contributed by atoms with Crippen LogP contribution in [0, 0.1) is 12.7 Å². The van der Waals surface area contributed by atoms with E-state index in [1.807, 2.05) is 6.92 Å². The molecule has 0 aliphatic rings. The van der Waals surface area contributed by atoms with Crippen molar-refractivity contribution in [1.82, 2.24) is 9.97 Å². The van der Waals surface area contributed by atoms with Crippen LogP contribution in [0.2, 0.25) is 0 Å². The first-order valence-electron chi connectivity index (χ1n) is 5.74. The van der Waals surface area contributed by atoms with Crippen LogP contribution < -0.4 is 11.1 Å². The Morgan fingerprint density at radius 1 is 1.28 bits per heavy atom. The molecule has 4 nitrogen and oxygen atoms in total. The molecule has 0 radical (unpaired) electrons. The summed E-state index contributed by atoms with van der Waals surface area (Å²) < 4.78 is 12.9. The topological polar surface area (TPSA) is 63.8 Å². The van der Waals surface area contributed by atoms with Crippen molar-refractivity contribution in [2.75, 3.05) is 18.4 Å². The minimum Gasteiger partial charge on any atom is -0.353 e. The summed E-state index contributed by atoms with van der Waals surface area (Å²) in [5.74, 6) is 0.275. The predicted octanol–water partition coefficient (Wildman–Crippen LogP) is 1.96. The summed E-state index contributed by atoms with van der Waals surface area (Å²) in [5, 5.41) is 3.02. The van der Waals surface area contributed by atoms with Gasteiger partial charge in [0, 0.05) is 24.8 Å². The molecule has 2 rings (SSSR count). The van der Waals surface area contributed by atoms with Gasteiger partial charge in [0.25, 0.3) is 0 Å². The molecule has 3 N–H and O–H groups in total. The number of nitrogens with zero attached hydrogens (tertiary/aromatic N) is 2. The van der Waals surface area contributed by atoms with Gasteiger partial charge in [0.05, 0.1) is 5.69 Å². The number of benzene rings is 1. The lowest BCUT2D eigenvalue weighted by molar-refractivity contribution is 0.628. The highest BCUT2D eigenvalue weighted by Crippen LogP contribution is 2.21. The molecule has 0 aliphatic carbocycles. The van der Waals surface area contributed by atoms with Crippen LogP contribution in [0.25, 0.3) is 11.3 Å². The Morgan fingerprint density at radius 2 is 2.00 bits per heavy atom. The molecule has 0 saturated heterocycles. The molecular formula is C13H15FN4. The molecule has 0 saturated carbocycles. The highest BCUT2D eigenvalue weighted by atomic mass is 19.1. The Kier molecular flexibility index (Phi) is 3.84. The van der Waals surface area contributed by atoms with E-state index in [2.05, 4.69) is 15.3 Å². The van der Waals surface area contributed by atoms with Gasteiger partial charge in [-0.3, -0.25) is 0 Å². The zero-order valence-electron chi connectivity index (χ0n) is 10.2. The van der Waals surface area contributed by atoms with Crippen molar-refractivity contribution in [3.05, 3.63) is 41.8 Å². The van der Waals surface area contributed by atoms with E-state index < -0.39 is 0 Å². The van der Waals surface area contributed by atoms with Gasteiger partial charge in [-0.2, -0.15) is 0 Å². The lowest BCUT2D eigenvalue weighted by Crippen LogP contribution is -2.15. The first kappa shape index (κ1) is 12.4. The Labute approximate surface area is 105 Å². The molecule has 0 spiro atoms. The lowest BCUT2D eigenvalue weighted by atomic mass is 10.1. The fourth-order valence-electron chi connectivity index (χ4n) is 1.61. The van der Waals surface area contributed by atoms with Gasteiger partial charge in [0.15, 0.2) is 0 Å². The van der Waals surface area contributed by atoms with E-state index in [-0.39, 0.29) is 5.82 Å². The molecule has 1 heterocycles. The maximum Gasteiger partial charge on any atom is 0.223 e. The summed E-state index contributed by atoms with van der Waals surface area (Å²) in [6.07, 6.45) is 1.74. The first-order valence-corrected chi connectivity index (χ1v) is 5.74. The first-order chi connectivity index (χ1) is 8.70. The largest absolute Gasteiger partial charge is 0.353 e. The van der Waals surface area contributed by atoms with Crippen molar-refractivity contribution in [3.63, 3.8) is 0 Å². The minimum absolute atomic E-state index is 0.257. The summed E-state index contributed by atoms with van der Waals surface area (Å²) in [7, 11) is 0. The molecule has 5 heteroatoms. The second-order valence-corrected chi connectivity index (χ2v) is 3.95. The molecule has 1 aromatic carbocycles. The molecular weight excluding hydrogens is 231 g/mol. The van der Waals surface area contributed by atoms with Gasteiger partial charge in [-0.25, -0.2) is 14.4 Å². The Balaban J connectivity index is 2.33. The average molecular weight is 246 g/mol. The van der Waals surface area contributed by atoms with Crippen molar-refractivity contribution in [2.45, 2.75) is 6.92 Å². The van der Waals surface area contributed by atoms with Crippen LogP contribution in [-0.4, -0.2) is 23.1 Å². The number of anilines is 1. The molecule has 0 bridgehead atoms. The number of nitrogens with one attached hydrogen (secondary N) is 1.